The number of hydrogen-bond donors (Lipinski definition) is 1. The van der Waals surface area contributed by atoms with Crippen molar-refractivity contribution in [3.05, 3.63) is 87.0 Å². The van der Waals surface area contributed by atoms with E-state index in [4.69, 9.17) is 9.47 Å². The maximum atomic E-state index is 13.9. The molecule has 214 valence electrons. The van der Waals surface area contributed by atoms with E-state index in [1.165, 1.54) is 25.2 Å². The Hall–Kier alpha value is -4.24. The average Bonchev–Trinajstić information content (AvgIpc) is 3.24. The average molecular weight is 630 g/mol. The van der Waals surface area contributed by atoms with E-state index in [0.717, 1.165) is 10.0 Å². The Morgan fingerprint density at radius 3 is 2.29 bits per heavy atom. The number of benzene rings is 2. The van der Waals surface area contributed by atoms with E-state index < -0.39 is 23.7 Å². The molecule has 1 aliphatic heterocycles. The number of fused-ring (bicyclic) bond motifs is 3. The van der Waals surface area contributed by atoms with E-state index >= 15 is 0 Å². The first-order valence-electron chi connectivity index (χ1n) is 13.6. The smallest absolute Gasteiger partial charge is 0.238 e. The maximum absolute atomic E-state index is 13.9. The number of anilines is 1. The van der Waals surface area contributed by atoms with Crippen LogP contribution in [0.15, 0.2) is 81.4 Å². The van der Waals surface area contributed by atoms with Crippen LogP contribution in [0.3, 0.4) is 0 Å². The number of imide groups is 1. The summed E-state index contributed by atoms with van der Waals surface area (Å²) in [5.74, 6) is -2.84. The molecule has 2 aromatic rings. The molecule has 2 amide bonds. The van der Waals surface area contributed by atoms with Crippen molar-refractivity contribution in [2.75, 3.05) is 19.1 Å². The van der Waals surface area contributed by atoms with Crippen molar-refractivity contribution in [2.24, 2.45) is 23.7 Å². The highest BCUT2D eigenvalue weighted by Gasteiger charge is 2.56. The SMILES string of the molecule is COc1cc(C=C[C@H]2C3=CC[C@@H]4C(=O)N(c5ccc(Br)cc5)C(=O)[C@@H]4[C@@H]3CC3=C2C(=O)C=C(C)C3=O)cc(OC)c1O. The Morgan fingerprint density at radius 2 is 1.64 bits per heavy atom. The Balaban J connectivity index is 1.43. The van der Waals surface area contributed by atoms with Gasteiger partial charge in [-0.25, -0.2) is 0 Å². The Labute approximate surface area is 251 Å². The van der Waals surface area contributed by atoms with E-state index in [0.29, 0.717) is 34.4 Å². The van der Waals surface area contributed by atoms with Crippen LogP contribution in [0.2, 0.25) is 0 Å². The molecule has 0 aromatic heterocycles. The minimum atomic E-state index is -0.644. The lowest BCUT2D eigenvalue weighted by Gasteiger charge is -2.41. The number of carbonyl (C=O) groups is 4. The van der Waals surface area contributed by atoms with Crippen LogP contribution in [0.4, 0.5) is 5.69 Å². The molecule has 1 heterocycles. The first-order chi connectivity index (χ1) is 20.1. The van der Waals surface area contributed by atoms with Gasteiger partial charge in [0, 0.05) is 27.1 Å². The predicted octanol–water partition coefficient (Wildman–Crippen LogP) is 5.35. The van der Waals surface area contributed by atoms with Gasteiger partial charge in [0.2, 0.25) is 17.6 Å². The number of halogens is 1. The summed E-state index contributed by atoms with van der Waals surface area (Å²) in [4.78, 5) is 55.6. The molecule has 3 aliphatic carbocycles. The highest BCUT2D eigenvalue weighted by Crippen LogP contribution is 2.53. The number of allylic oxidation sites excluding steroid dienone is 7. The van der Waals surface area contributed by atoms with Crippen molar-refractivity contribution in [1.82, 2.24) is 0 Å². The third-order valence-corrected chi connectivity index (χ3v) is 9.21. The number of ketones is 2. The maximum Gasteiger partial charge on any atom is 0.238 e. The second-order valence-electron chi connectivity index (χ2n) is 10.9. The standard InChI is InChI=1S/C33H28BrNO7/c1-16-12-25(36)28-21(9-4-17-13-26(41-2)31(38)27(14-17)42-3)20-10-11-22-29(23(20)15-24(28)30(16)37)33(40)35(32(22)39)19-7-5-18(34)6-8-19/h4-10,12-14,21-23,29,38H,11,15H2,1-3H3/t21-,22-,23+,29-/m0/s1. The number of phenols is 1. The van der Waals surface area contributed by atoms with E-state index in [1.54, 1.807) is 49.4 Å². The summed E-state index contributed by atoms with van der Waals surface area (Å²) in [6.45, 7) is 1.62. The number of Topliss-reactive ketones (excluding diaryl/α,β-unsaturated/α-hetero) is 1. The molecule has 0 unspecified atom stereocenters. The molecule has 6 rings (SSSR count). The number of nitrogens with zero attached hydrogens (tertiary/aromatic N) is 1. The summed E-state index contributed by atoms with van der Waals surface area (Å²) >= 11 is 3.40. The quantitative estimate of drug-likeness (QED) is 0.270. The van der Waals surface area contributed by atoms with Crippen molar-refractivity contribution in [3.63, 3.8) is 0 Å². The normalized spacial score (nSPS) is 25.3. The zero-order chi connectivity index (χ0) is 29.9. The number of carbonyl (C=O) groups excluding carboxylic acids is 4. The van der Waals surface area contributed by atoms with Gasteiger partial charge in [-0.3, -0.25) is 24.1 Å². The van der Waals surface area contributed by atoms with Gasteiger partial charge in [0.1, 0.15) is 0 Å². The summed E-state index contributed by atoms with van der Waals surface area (Å²) in [6.07, 6.45) is 7.55. The second kappa shape index (κ2) is 10.5. The highest BCUT2D eigenvalue weighted by molar-refractivity contribution is 9.10. The van der Waals surface area contributed by atoms with Crippen LogP contribution in [0.5, 0.6) is 17.2 Å². The first-order valence-corrected chi connectivity index (χ1v) is 14.4. The number of aromatic hydroxyl groups is 1. The molecule has 0 spiro atoms. The van der Waals surface area contributed by atoms with Crippen molar-refractivity contribution < 1.29 is 33.8 Å². The fourth-order valence-electron chi connectivity index (χ4n) is 6.72. The van der Waals surface area contributed by atoms with E-state index in [-0.39, 0.29) is 47.1 Å². The third-order valence-electron chi connectivity index (χ3n) is 8.68. The summed E-state index contributed by atoms with van der Waals surface area (Å²) in [6, 6.07) is 10.3. The summed E-state index contributed by atoms with van der Waals surface area (Å²) in [7, 11) is 2.87. The van der Waals surface area contributed by atoms with Crippen LogP contribution in [-0.2, 0) is 19.2 Å². The topological polar surface area (TPSA) is 110 Å². The third kappa shape index (κ3) is 4.34. The minimum absolute atomic E-state index is 0.130. The van der Waals surface area contributed by atoms with E-state index in [9.17, 15) is 24.3 Å². The Morgan fingerprint density at radius 1 is 0.976 bits per heavy atom. The number of phenolic OH excluding ortho intramolecular Hbond substituents is 1. The van der Waals surface area contributed by atoms with Gasteiger partial charge in [-0.2, -0.15) is 0 Å². The van der Waals surface area contributed by atoms with Crippen molar-refractivity contribution in [1.29, 1.82) is 0 Å². The largest absolute Gasteiger partial charge is 0.502 e. The molecular formula is C33H28BrNO7. The molecule has 0 bridgehead atoms. The van der Waals surface area contributed by atoms with Crippen molar-refractivity contribution in [2.45, 2.75) is 19.8 Å². The van der Waals surface area contributed by atoms with E-state index in [2.05, 4.69) is 15.9 Å². The first kappa shape index (κ1) is 27.9. The minimum Gasteiger partial charge on any atom is -0.502 e. The molecule has 1 fully saturated rings. The van der Waals surface area contributed by atoms with Gasteiger partial charge in [-0.1, -0.05) is 39.7 Å². The highest BCUT2D eigenvalue weighted by atomic mass is 79.9. The molecule has 4 aliphatic rings. The van der Waals surface area contributed by atoms with Gasteiger partial charge in [-0.15, -0.1) is 0 Å². The molecule has 2 aromatic carbocycles. The van der Waals surface area contributed by atoms with Crippen LogP contribution >= 0.6 is 15.9 Å². The zero-order valence-corrected chi connectivity index (χ0v) is 24.8. The number of ether oxygens (including phenoxy) is 2. The molecule has 1 saturated heterocycles. The van der Waals surface area contributed by atoms with Crippen LogP contribution in [-0.4, -0.2) is 42.7 Å². The lowest BCUT2D eigenvalue weighted by Crippen LogP contribution is -2.40. The Bertz CT molecular complexity index is 1660. The van der Waals surface area contributed by atoms with Crippen LogP contribution in [0, 0.1) is 23.7 Å². The lowest BCUT2D eigenvalue weighted by molar-refractivity contribution is -0.123. The van der Waals surface area contributed by atoms with Gasteiger partial charge in [0.15, 0.2) is 23.1 Å². The molecule has 0 radical (unpaired) electrons. The molecule has 8 nitrogen and oxygen atoms in total. The zero-order valence-electron chi connectivity index (χ0n) is 23.2. The number of hydrogen-bond acceptors (Lipinski definition) is 7. The summed E-state index contributed by atoms with van der Waals surface area (Å²) in [5, 5.41) is 10.3. The molecular weight excluding hydrogens is 602 g/mol. The fourth-order valence-corrected chi connectivity index (χ4v) is 6.99. The lowest BCUT2D eigenvalue weighted by atomic mass is 9.60. The van der Waals surface area contributed by atoms with Gasteiger partial charge >= 0.3 is 0 Å². The van der Waals surface area contributed by atoms with Crippen LogP contribution in [0.1, 0.15) is 25.3 Å². The van der Waals surface area contributed by atoms with Gasteiger partial charge in [0.05, 0.1) is 31.7 Å². The van der Waals surface area contributed by atoms with Crippen molar-refractivity contribution >= 4 is 51.1 Å². The molecule has 1 N–H and O–H groups in total. The molecule has 9 heteroatoms. The second-order valence-corrected chi connectivity index (χ2v) is 11.8. The van der Waals surface area contributed by atoms with Crippen LogP contribution < -0.4 is 14.4 Å². The number of amides is 2. The van der Waals surface area contributed by atoms with Crippen LogP contribution in [0.25, 0.3) is 6.08 Å². The predicted molar refractivity (Wildman–Crippen MR) is 159 cm³/mol. The number of rotatable bonds is 5. The fraction of sp³-hybridized carbons (Fsp3) is 0.273. The molecule has 0 saturated carbocycles. The van der Waals surface area contributed by atoms with Gasteiger partial charge in [0.25, 0.3) is 0 Å². The van der Waals surface area contributed by atoms with E-state index in [1.807, 2.05) is 12.2 Å². The monoisotopic (exact) mass is 629 g/mol. The Kier molecular flexibility index (Phi) is 7.01. The van der Waals surface area contributed by atoms with Crippen molar-refractivity contribution in [3.8, 4) is 17.2 Å². The molecule has 42 heavy (non-hydrogen) atoms. The van der Waals surface area contributed by atoms with Gasteiger partial charge in [-0.05, 0) is 73.7 Å². The summed E-state index contributed by atoms with van der Waals surface area (Å²) < 4.78 is 11.4. The molecule has 4 atom stereocenters. The summed E-state index contributed by atoms with van der Waals surface area (Å²) in [5.41, 5.74) is 3.18. The number of methoxy groups -OCH3 is 2. The van der Waals surface area contributed by atoms with Gasteiger partial charge < -0.3 is 14.6 Å².